The minimum atomic E-state index is -0.0257. The largest absolute Gasteiger partial charge is 0.372 e. The summed E-state index contributed by atoms with van der Waals surface area (Å²) in [5, 5.41) is 7.55. The number of rotatable bonds is 3. The van der Waals surface area contributed by atoms with Crippen LogP contribution >= 0.6 is 0 Å². The Bertz CT molecular complexity index is 843. The summed E-state index contributed by atoms with van der Waals surface area (Å²) in [6, 6.07) is 17.5. The van der Waals surface area contributed by atoms with Crippen LogP contribution in [0, 0.1) is 0 Å². The van der Waals surface area contributed by atoms with Gasteiger partial charge in [0.25, 0.3) is 0 Å². The number of fused-ring (bicyclic) bond motifs is 1. The fourth-order valence-electron chi connectivity index (χ4n) is 4.93. The number of anilines is 2. The van der Waals surface area contributed by atoms with Crippen LogP contribution in [0.4, 0.5) is 17.1 Å². The van der Waals surface area contributed by atoms with Gasteiger partial charge in [-0.05, 0) is 55.5 Å². The number of nitrogens with zero attached hydrogens (tertiary/aromatic N) is 2. The van der Waals surface area contributed by atoms with Gasteiger partial charge in [-0.2, -0.15) is 0 Å². The predicted octanol–water partition coefficient (Wildman–Crippen LogP) is 5.24. The number of amidine groups is 1. The highest BCUT2D eigenvalue weighted by molar-refractivity contribution is 6.00. The number of nitrogens with one attached hydrogen (secondary N) is 2. The first-order chi connectivity index (χ1) is 13.8. The number of para-hydroxylation sites is 2. The van der Waals surface area contributed by atoms with Gasteiger partial charge in [0.1, 0.15) is 5.84 Å². The van der Waals surface area contributed by atoms with Crippen LogP contribution in [0.25, 0.3) is 0 Å². The molecule has 0 unspecified atom stereocenters. The molecule has 1 saturated carbocycles. The van der Waals surface area contributed by atoms with Crippen molar-refractivity contribution in [2.45, 2.75) is 57.0 Å². The molecule has 2 fully saturated rings. The van der Waals surface area contributed by atoms with Gasteiger partial charge in [-0.15, -0.1) is 0 Å². The van der Waals surface area contributed by atoms with Crippen LogP contribution in [0.5, 0.6) is 0 Å². The average Bonchev–Trinajstić information content (AvgIpc) is 3.28. The minimum Gasteiger partial charge on any atom is -0.372 e. The zero-order chi connectivity index (χ0) is 18.8. The second-order valence-electron chi connectivity index (χ2n) is 8.46. The molecule has 2 aliphatic heterocycles. The van der Waals surface area contributed by atoms with Crippen LogP contribution in [-0.4, -0.2) is 24.5 Å². The van der Waals surface area contributed by atoms with Gasteiger partial charge in [0.05, 0.1) is 16.9 Å². The molecule has 0 atom stereocenters. The van der Waals surface area contributed by atoms with E-state index in [1.807, 2.05) is 0 Å². The van der Waals surface area contributed by atoms with Crippen molar-refractivity contribution in [3.05, 3.63) is 54.1 Å². The third-order valence-electron chi connectivity index (χ3n) is 6.54. The van der Waals surface area contributed by atoms with E-state index in [1.165, 1.54) is 62.1 Å². The van der Waals surface area contributed by atoms with Crippen LogP contribution in [0.3, 0.4) is 0 Å². The molecule has 4 heteroatoms. The molecular formula is C24H30N4. The molecule has 2 heterocycles. The van der Waals surface area contributed by atoms with E-state index < -0.39 is 0 Å². The van der Waals surface area contributed by atoms with Crippen molar-refractivity contribution >= 4 is 22.9 Å². The molecule has 28 heavy (non-hydrogen) atoms. The topological polar surface area (TPSA) is 39.7 Å². The molecule has 1 spiro atoms. The summed E-state index contributed by atoms with van der Waals surface area (Å²) in [5.41, 5.74) is 4.86. The van der Waals surface area contributed by atoms with E-state index in [1.54, 1.807) is 0 Å². The molecule has 1 saturated heterocycles. The van der Waals surface area contributed by atoms with Gasteiger partial charge < -0.3 is 15.5 Å². The summed E-state index contributed by atoms with van der Waals surface area (Å²) in [7, 11) is 0. The Morgan fingerprint density at radius 1 is 0.893 bits per heavy atom. The molecule has 2 aromatic rings. The summed E-state index contributed by atoms with van der Waals surface area (Å²) in [6.45, 7) is 3.22. The standard InChI is InChI=1S/C24H30N4/c1-4-14-24(15-5-1)23(26-21-8-2-3-9-22(21)27-24)25-18-19-10-12-20(13-11-19)28-16-6-7-17-28/h2-3,8-13,27H,1,4-7,14-18H2,(H,25,26). The van der Waals surface area contributed by atoms with Crippen molar-refractivity contribution in [3.63, 3.8) is 0 Å². The summed E-state index contributed by atoms with van der Waals surface area (Å²) in [6.07, 6.45) is 8.80. The quantitative estimate of drug-likeness (QED) is 0.772. The second kappa shape index (κ2) is 7.50. The Morgan fingerprint density at radius 2 is 1.64 bits per heavy atom. The fourth-order valence-corrected chi connectivity index (χ4v) is 4.93. The zero-order valence-corrected chi connectivity index (χ0v) is 16.6. The van der Waals surface area contributed by atoms with Gasteiger partial charge in [0.2, 0.25) is 0 Å². The van der Waals surface area contributed by atoms with Crippen molar-refractivity contribution < 1.29 is 0 Å². The summed E-state index contributed by atoms with van der Waals surface area (Å²) >= 11 is 0. The first-order valence-electron chi connectivity index (χ1n) is 10.9. The maximum absolute atomic E-state index is 5.05. The van der Waals surface area contributed by atoms with Crippen molar-refractivity contribution in [3.8, 4) is 0 Å². The van der Waals surface area contributed by atoms with Gasteiger partial charge in [-0.3, -0.25) is 0 Å². The van der Waals surface area contributed by atoms with E-state index in [4.69, 9.17) is 4.99 Å². The Kier molecular flexibility index (Phi) is 4.71. The minimum absolute atomic E-state index is 0.0257. The lowest BCUT2D eigenvalue weighted by molar-refractivity contribution is 0.396. The Hall–Kier alpha value is -2.49. The summed E-state index contributed by atoms with van der Waals surface area (Å²) in [4.78, 5) is 7.54. The first-order valence-corrected chi connectivity index (χ1v) is 10.9. The van der Waals surface area contributed by atoms with Gasteiger partial charge >= 0.3 is 0 Å². The maximum Gasteiger partial charge on any atom is 0.128 e. The van der Waals surface area contributed by atoms with Crippen LogP contribution in [0.15, 0.2) is 53.5 Å². The van der Waals surface area contributed by atoms with Crippen LogP contribution < -0.4 is 15.5 Å². The highest BCUT2D eigenvalue weighted by Crippen LogP contribution is 2.40. The molecule has 1 aliphatic carbocycles. The van der Waals surface area contributed by atoms with E-state index in [2.05, 4.69) is 64.1 Å². The molecule has 0 amide bonds. The van der Waals surface area contributed by atoms with E-state index in [0.717, 1.165) is 30.9 Å². The van der Waals surface area contributed by atoms with Crippen LogP contribution in [0.2, 0.25) is 0 Å². The van der Waals surface area contributed by atoms with Crippen molar-refractivity contribution in [2.75, 3.05) is 23.3 Å². The fraction of sp³-hybridized carbons (Fsp3) is 0.458. The molecule has 5 rings (SSSR count). The second-order valence-corrected chi connectivity index (χ2v) is 8.46. The lowest BCUT2D eigenvalue weighted by atomic mass is 9.79. The normalized spacial score (nSPS) is 20.4. The third kappa shape index (κ3) is 3.36. The van der Waals surface area contributed by atoms with Crippen molar-refractivity contribution in [2.24, 2.45) is 4.99 Å². The van der Waals surface area contributed by atoms with Crippen LogP contribution in [0.1, 0.15) is 50.5 Å². The van der Waals surface area contributed by atoms with E-state index in [0.29, 0.717) is 0 Å². The highest BCUT2D eigenvalue weighted by Gasteiger charge is 2.40. The molecular weight excluding hydrogens is 344 g/mol. The molecule has 2 N–H and O–H groups in total. The monoisotopic (exact) mass is 374 g/mol. The molecule has 4 nitrogen and oxygen atoms in total. The van der Waals surface area contributed by atoms with Gasteiger partial charge in [-0.25, -0.2) is 4.99 Å². The Balaban J connectivity index is 1.34. The number of hydrogen-bond acceptors (Lipinski definition) is 4. The lowest BCUT2D eigenvalue weighted by Crippen LogP contribution is -2.54. The SMILES string of the molecule is c1ccc2c(c1)N=C(NCc1ccc(N3CCCC3)cc1)C1(CCCCC1)N2. The molecule has 0 aromatic heterocycles. The van der Waals surface area contributed by atoms with Gasteiger partial charge in [-0.1, -0.05) is 43.5 Å². The molecule has 0 radical (unpaired) electrons. The zero-order valence-electron chi connectivity index (χ0n) is 16.6. The van der Waals surface area contributed by atoms with Gasteiger partial charge in [0, 0.05) is 25.3 Å². The first kappa shape index (κ1) is 17.6. The number of aliphatic imine (C=N–C) groups is 1. The smallest absolute Gasteiger partial charge is 0.128 e. The molecule has 3 aliphatic rings. The molecule has 0 bridgehead atoms. The van der Waals surface area contributed by atoms with Crippen molar-refractivity contribution in [1.82, 2.24) is 5.32 Å². The highest BCUT2D eigenvalue weighted by atomic mass is 15.2. The van der Waals surface area contributed by atoms with Crippen LogP contribution in [-0.2, 0) is 6.54 Å². The molecule has 2 aromatic carbocycles. The number of hydrogen-bond donors (Lipinski definition) is 2. The predicted molar refractivity (Wildman–Crippen MR) is 118 cm³/mol. The average molecular weight is 375 g/mol. The maximum atomic E-state index is 5.05. The van der Waals surface area contributed by atoms with E-state index in [-0.39, 0.29) is 5.54 Å². The molecule has 146 valence electrons. The third-order valence-corrected chi connectivity index (χ3v) is 6.54. The Morgan fingerprint density at radius 3 is 2.43 bits per heavy atom. The van der Waals surface area contributed by atoms with Gasteiger partial charge in [0.15, 0.2) is 0 Å². The number of benzene rings is 2. The van der Waals surface area contributed by atoms with Crippen molar-refractivity contribution in [1.29, 1.82) is 0 Å². The summed E-state index contributed by atoms with van der Waals surface area (Å²) < 4.78 is 0. The Labute approximate surface area is 168 Å². The summed E-state index contributed by atoms with van der Waals surface area (Å²) in [5.74, 6) is 1.12. The van der Waals surface area contributed by atoms with E-state index >= 15 is 0 Å². The lowest BCUT2D eigenvalue weighted by Gasteiger charge is -2.42. The van der Waals surface area contributed by atoms with E-state index in [9.17, 15) is 0 Å².